The van der Waals surface area contributed by atoms with Gasteiger partial charge >= 0.3 is 6.03 Å². The van der Waals surface area contributed by atoms with Crippen molar-refractivity contribution < 1.29 is 9.59 Å². The van der Waals surface area contributed by atoms with E-state index < -0.39 is 6.03 Å². The molecule has 0 aliphatic carbocycles. The van der Waals surface area contributed by atoms with Crippen molar-refractivity contribution in [2.75, 3.05) is 12.3 Å². The van der Waals surface area contributed by atoms with Crippen molar-refractivity contribution in [3.63, 3.8) is 0 Å². The van der Waals surface area contributed by atoms with Crippen LogP contribution < -0.4 is 16.4 Å². The van der Waals surface area contributed by atoms with Gasteiger partial charge in [-0.15, -0.1) is 11.8 Å². The lowest BCUT2D eigenvalue weighted by Gasteiger charge is -2.05. The Bertz CT molecular complexity index is 420. The summed E-state index contributed by atoms with van der Waals surface area (Å²) in [5.74, 6) is -0.206. The average Bonchev–Trinajstić information content (AvgIpc) is 2.37. The number of benzene rings is 1. The van der Waals surface area contributed by atoms with Crippen LogP contribution in [0.3, 0.4) is 0 Å². The van der Waals surface area contributed by atoms with E-state index in [1.54, 1.807) is 0 Å². The molecule has 0 aliphatic rings. The zero-order valence-electron chi connectivity index (χ0n) is 10.9. The van der Waals surface area contributed by atoms with Crippen LogP contribution in [0.1, 0.15) is 18.9 Å². The summed E-state index contributed by atoms with van der Waals surface area (Å²) >= 11 is 1.37. The molecular formula is C13H19N3O2S. The van der Waals surface area contributed by atoms with E-state index in [4.69, 9.17) is 5.73 Å². The minimum atomic E-state index is -0.817. The van der Waals surface area contributed by atoms with E-state index in [0.717, 1.165) is 24.4 Å². The highest BCUT2D eigenvalue weighted by Crippen LogP contribution is 2.18. The van der Waals surface area contributed by atoms with Crippen molar-refractivity contribution in [1.82, 2.24) is 10.6 Å². The Morgan fingerprint density at radius 3 is 2.53 bits per heavy atom. The molecule has 0 bridgehead atoms. The van der Waals surface area contributed by atoms with Gasteiger partial charge in [-0.3, -0.25) is 10.1 Å². The minimum absolute atomic E-state index is 0.177. The fourth-order valence-electron chi connectivity index (χ4n) is 1.44. The Labute approximate surface area is 117 Å². The first kappa shape index (κ1) is 15.5. The van der Waals surface area contributed by atoms with Gasteiger partial charge in [0, 0.05) is 11.4 Å². The summed E-state index contributed by atoms with van der Waals surface area (Å²) in [5, 5.41) is 5.35. The highest BCUT2D eigenvalue weighted by atomic mass is 32.2. The van der Waals surface area contributed by atoms with Gasteiger partial charge in [-0.1, -0.05) is 19.1 Å². The number of urea groups is 1. The number of carbonyl (C=O) groups excluding carboxylic acids is 2. The molecule has 0 saturated carbocycles. The maximum Gasteiger partial charge on any atom is 0.318 e. The van der Waals surface area contributed by atoms with Gasteiger partial charge in [0.25, 0.3) is 0 Å². The molecule has 1 rings (SSSR count). The largest absolute Gasteiger partial charge is 0.351 e. The number of nitrogens with one attached hydrogen (secondary N) is 2. The average molecular weight is 281 g/mol. The number of nitrogens with two attached hydrogens (primary N) is 1. The summed E-state index contributed by atoms with van der Waals surface area (Å²) in [6.45, 7) is 3.98. The molecule has 0 atom stereocenters. The lowest BCUT2D eigenvalue weighted by molar-refractivity contribution is -0.117. The second-order valence-corrected chi connectivity index (χ2v) is 5.07. The molecule has 1 aromatic rings. The van der Waals surface area contributed by atoms with Crippen molar-refractivity contribution in [3.05, 3.63) is 29.8 Å². The van der Waals surface area contributed by atoms with E-state index in [1.807, 2.05) is 29.6 Å². The second kappa shape index (κ2) is 8.55. The number of hydrogen-bond acceptors (Lipinski definition) is 4. The Morgan fingerprint density at radius 2 is 1.95 bits per heavy atom. The molecule has 19 heavy (non-hydrogen) atoms. The Morgan fingerprint density at radius 1 is 1.26 bits per heavy atom. The van der Waals surface area contributed by atoms with Crippen molar-refractivity contribution in [2.45, 2.75) is 24.8 Å². The molecular weight excluding hydrogens is 262 g/mol. The lowest BCUT2D eigenvalue weighted by atomic mass is 10.2. The van der Waals surface area contributed by atoms with Gasteiger partial charge in [-0.05, 0) is 30.7 Å². The third kappa shape index (κ3) is 6.83. The molecule has 0 aromatic heterocycles. The smallest absolute Gasteiger partial charge is 0.318 e. The molecule has 5 nitrogen and oxygen atoms in total. The Hall–Kier alpha value is -1.53. The summed E-state index contributed by atoms with van der Waals surface area (Å²) < 4.78 is 0. The van der Waals surface area contributed by atoms with Gasteiger partial charge < -0.3 is 11.1 Å². The SMILES string of the molecule is CCCNCc1ccc(SCC(=O)NC(N)=O)cc1. The van der Waals surface area contributed by atoms with Crippen LogP contribution in [0.5, 0.6) is 0 Å². The van der Waals surface area contributed by atoms with E-state index in [0.29, 0.717) is 0 Å². The summed E-state index contributed by atoms with van der Waals surface area (Å²) in [5.41, 5.74) is 6.06. The molecule has 0 radical (unpaired) electrons. The topological polar surface area (TPSA) is 84.2 Å². The van der Waals surface area contributed by atoms with E-state index >= 15 is 0 Å². The molecule has 0 saturated heterocycles. The quantitative estimate of drug-likeness (QED) is 0.522. The molecule has 0 heterocycles. The molecule has 0 unspecified atom stereocenters. The van der Waals surface area contributed by atoms with Crippen molar-refractivity contribution in [3.8, 4) is 0 Å². The van der Waals surface area contributed by atoms with Gasteiger partial charge in [0.05, 0.1) is 5.75 Å². The number of amides is 3. The number of rotatable bonds is 7. The van der Waals surface area contributed by atoms with Crippen LogP contribution in [0.15, 0.2) is 29.2 Å². The zero-order chi connectivity index (χ0) is 14.1. The third-order valence-electron chi connectivity index (χ3n) is 2.31. The van der Waals surface area contributed by atoms with Crippen LogP contribution >= 0.6 is 11.8 Å². The predicted octanol–water partition coefficient (Wildman–Crippen LogP) is 1.47. The maximum absolute atomic E-state index is 11.2. The van der Waals surface area contributed by atoms with Crippen LogP contribution in [-0.4, -0.2) is 24.2 Å². The van der Waals surface area contributed by atoms with E-state index in [1.165, 1.54) is 17.3 Å². The molecule has 0 spiro atoms. The molecule has 1 aromatic carbocycles. The van der Waals surface area contributed by atoms with E-state index in [9.17, 15) is 9.59 Å². The number of carbonyl (C=O) groups is 2. The summed E-state index contributed by atoms with van der Waals surface area (Å²) in [6.07, 6.45) is 1.11. The molecule has 0 fully saturated rings. The van der Waals surface area contributed by atoms with Crippen molar-refractivity contribution in [2.24, 2.45) is 5.73 Å². The third-order valence-corrected chi connectivity index (χ3v) is 3.32. The second-order valence-electron chi connectivity index (χ2n) is 4.02. The standard InChI is InChI=1S/C13H19N3O2S/c1-2-7-15-8-10-3-5-11(6-4-10)19-9-12(17)16-13(14)18/h3-6,15H,2,7-9H2,1H3,(H3,14,16,17,18). The summed E-state index contributed by atoms with van der Waals surface area (Å²) in [7, 11) is 0. The Kier molecular flexibility index (Phi) is 6.99. The monoisotopic (exact) mass is 281 g/mol. The Balaban J connectivity index is 2.35. The summed E-state index contributed by atoms with van der Waals surface area (Å²) in [4.78, 5) is 22.7. The number of imide groups is 1. The lowest BCUT2D eigenvalue weighted by Crippen LogP contribution is -2.36. The van der Waals surface area contributed by atoms with Gasteiger partial charge in [0.1, 0.15) is 0 Å². The van der Waals surface area contributed by atoms with Crippen molar-refractivity contribution in [1.29, 1.82) is 0 Å². The summed E-state index contributed by atoms with van der Waals surface area (Å²) in [6, 6.07) is 7.16. The first-order chi connectivity index (χ1) is 9.11. The van der Waals surface area contributed by atoms with Gasteiger partial charge in [-0.25, -0.2) is 4.79 Å². The molecule has 3 amide bonds. The van der Waals surface area contributed by atoms with Crippen LogP contribution in [0.2, 0.25) is 0 Å². The highest BCUT2D eigenvalue weighted by molar-refractivity contribution is 8.00. The number of primary amides is 1. The normalized spacial score (nSPS) is 10.2. The van der Waals surface area contributed by atoms with Crippen LogP contribution in [0.25, 0.3) is 0 Å². The molecule has 104 valence electrons. The number of hydrogen-bond donors (Lipinski definition) is 3. The van der Waals surface area contributed by atoms with Crippen LogP contribution in [0, 0.1) is 0 Å². The van der Waals surface area contributed by atoms with Crippen LogP contribution in [-0.2, 0) is 11.3 Å². The first-order valence-electron chi connectivity index (χ1n) is 6.13. The number of thioether (sulfide) groups is 1. The zero-order valence-corrected chi connectivity index (χ0v) is 11.8. The van der Waals surface area contributed by atoms with Gasteiger partial charge in [-0.2, -0.15) is 0 Å². The fraction of sp³-hybridized carbons (Fsp3) is 0.385. The fourth-order valence-corrected chi connectivity index (χ4v) is 2.13. The first-order valence-corrected chi connectivity index (χ1v) is 7.12. The predicted molar refractivity (Wildman–Crippen MR) is 76.9 cm³/mol. The molecule has 0 aliphatic heterocycles. The highest BCUT2D eigenvalue weighted by Gasteiger charge is 2.04. The van der Waals surface area contributed by atoms with E-state index in [-0.39, 0.29) is 11.7 Å². The van der Waals surface area contributed by atoms with Crippen molar-refractivity contribution >= 4 is 23.7 Å². The van der Waals surface area contributed by atoms with E-state index in [2.05, 4.69) is 12.2 Å². The van der Waals surface area contributed by atoms with Gasteiger partial charge in [0.2, 0.25) is 5.91 Å². The van der Waals surface area contributed by atoms with Gasteiger partial charge in [0.15, 0.2) is 0 Å². The minimum Gasteiger partial charge on any atom is -0.351 e. The molecule has 6 heteroatoms. The maximum atomic E-state index is 11.2. The van der Waals surface area contributed by atoms with Crippen LogP contribution in [0.4, 0.5) is 4.79 Å². The molecule has 4 N–H and O–H groups in total.